The van der Waals surface area contributed by atoms with Gasteiger partial charge in [-0.1, -0.05) is 29.0 Å². The van der Waals surface area contributed by atoms with Crippen LogP contribution in [0.5, 0.6) is 0 Å². The van der Waals surface area contributed by atoms with Crippen LogP contribution < -0.4 is 0 Å². The summed E-state index contributed by atoms with van der Waals surface area (Å²) in [4.78, 5) is 21.7. The van der Waals surface area contributed by atoms with E-state index in [1.807, 2.05) is 30.3 Å². The maximum atomic E-state index is 11.0. The highest BCUT2D eigenvalue weighted by Gasteiger charge is 2.20. The fourth-order valence-electron chi connectivity index (χ4n) is 1.40. The Morgan fingerprint density at radius 1 is 0.850 bits per heavy atom. The molecule has 2 aromatic rings. The molecule has 0 aromatic heterocycles. The van der Waals surface area contributed by atoms with Gasteiger partial charge in [0.15, 0.2) is 0 Å². The Balaban J connectivity index is 2.23. The van der Waals surface area contributed by atoms with Crippen LogP contribution in [0, 0.1) is 20.2 Å². The van der Waals surface area contributed by atoms with E-state index in [0.717, 1.165) is 11.0 Å². The number of rotatable bonds is 5. The molecular formula is C12H8N2O4S2. The van der Waals surface area contributed by atoms with Crippen LogP contribution >= 0.6 is 21.6 Å². The van der Waals surface area contributed by atoms with Gasteiger partial charge in [0.1, 0.15) is 0 Å². The van der Waals surface area contributed by atoms with E-state index >= 15 is 0 Å². The van der Waals surface area contributed by atoms with Gasteiger partial charge in [-0.2, -0.15) is 0 Å². The molecule has 2 aromatic carbocycles. The summed E-state index contributed by atoms with van der Waals surface area (Å²) in [5, 5.41) is 21.6. The molecule has 0 aliphatic rings. The molecule has 0 N–H and O–H groups in total. The van der Waals surface area contributed by atoms with Gasteiger partial charge >= 0.3 is 0 Å². The van der Waals surface area contributed by atoms with E-state index in [1.165, 1.54) is 33.7 Å². The topological polar surface area (TPSA) is 86.3 Å². The summed E-state index contributed by atoms with van der Waals surface area (Å²) in [6, 6.07) is 13.0. The molecule has 0 saturated heterocycles. The number of nitrogens with zero attached hydrogens (tertiary/aromatic N) is 2. The molecule has 0 heterocycles. The first-order valence-corrected chi connectivity index (χ1v) is 7.55. The molecule has 20 heavy (non-hydrogen) atoms. The lowest BCUT2D eigenvalue weighted by atomic mass is 10.3. The van der Waals surface area contributed by atoms with E-state index in [1.54, 1.807) is 0 Å². The summed E-state index contributed by atoms with van der Waals surface area (Å²) in [5.41, 5.74) is -0.543. The van der Waals surface area contributed by atoms with Gasteiger partial charge in [0, 0.05) is 11.0 Å². The van der Waals surface area contributed by atoms with Crippen molar-refractivity contribution in [3.63, 3.8) is 0 Å². The molecule has 0 spiro atoms. The standard InChI is InChI=1S/C12H8N2O4S2/c15-13(16)9-6-7-12(11(8-9)14(17)18)20-19-10-4-2-1-3-5-10/h1-8H. The largest absolute Gasteiger partial charge is 0.290 e. The van der Waals surface area contributed by atoms with Gasteiger partial charge in [0.25, 0.3) is 11.4 Å². The summed E-state index contributed by atoms with van der Waals surface area (Å²) in [6.07, 6.45) is 0. The zero-order valence-corrected chi connectivity index (χ0v) is 11.6. The SMILES string of the molecule is O=[N+]([O-])c1ccc(SSc2ccccc2)c([N+](=O)[O-])c1. The van der Waals surface area contributed by atoms with Crippen LogP contribution in [0.15, 0.2) is 58.3 Å². The first-order chi connectivity index (χ1) is 9.58. The van der Waals surface area contributed by atoms with E-state index < -0.39 is 9.85 Å². The van der Waals surface area contributed by atoms with Gasteiger partial charge < -0.3 is 0 Å². The maximum Gasteiger partial charge on any atom is 0.290 e. The quantitative estimate of drug-likeness (QED) is 0.465. The lowest BCUT2D eigenvalue weighted by molar-refractivity contribution is -0.396. The third kappa shape index (κ3) is 3.49. The number of benzene rings is 2. The second kappa shape index (κ2) is 6.40. The number of hydrogen-bond donors (Lipinski definition) is 0. The number of hydrogen-bond acceptors (Lipinski definition) is 6. The Morgan fingerprint density at radius 3 is 2.15 bits per heavy atom. The van der Waals surface area contributed by atoms with Crippen LogP contribution in [-0.4, -0.2) is 9.85 Å². The Morgan fingerprint density at radius 2 is 1.55 bits per heavy atom. The van der Waals surface area contributed by atoms with E-state index in [-0.39, 0.29) is 11.4 Å². The highest BCUT2D eigenvalue weighted by Crippen LogP contribution is 2.42. The molecule has 0 atom stereocenters. The van der Waals surface area contributed by atoms with Crippen molar-refractivity contribution in [2.45, 2.75) is 9.79 Å². The molecule has 0 fully saturated rings. The third-order valence-electron chi connectivity index (χ3n) is 2.32. The number of non-ortho nitro benzene ring substituents is 1. The van der Waals surface area contributed by atoms with Crippen molar-refractivity contribution in [1.29, 1.82) is 0 Å². The van der Waals surface area contributed by atoms with Crippen molar-refractivity contribution in [2.24, 2.45) is 0 Å². The van der Waals surface area contributed by atoms with Crippen LogP contribution in [0.4, 0.5) is 11.4 Å². The summed E-state index contributed by atoms with van der Waals surface area (Å²) < 4.78 is 0. The van der Waals surface area contributed by atoms with Crippen LogP contribution in [0.1, 0.15) is 0 Å². The molecule has 0 aliphatic heterocycles. The van der Waals surface area contributed by atoms with Gasteiger partial charge in [-0.25, -0.2) is 0 Å². The monoisotopic (exact) mass is 308 g/mol. The number of nitro benzene ring substituents is 2. The van der Waals surface area contributed by atoms with Crippen molar-refractivity contribution in [1.82, 2.24) is 0 Å². The molecular weight excluding hydrogens is 300 g/mol. The summed E-state index contributed by atoms with van der Waals surface area (Å²) >= 11 is 0. The highest BCUT2D eigenvalue weighted by atomic mass is 33.1. The Hall–Kier alpha value is -2.06. The Bertz CT molecular complexity index is 649. The van der Waals surface area contributed by atoms with Gasteiger partial charge in [-0.05, 0) is 29.0 Å². The molecule has 102 valence electrons. The molecule has 0 radical (unpaired) electrons. The smallest absolute Gasteiger partial charge is 0.258 e. The lowest BCUT2D eigenvalue weighted by Crippen LogP contribution is -1.93. The highest BCUT2D eigenvalue weighted by molar-refractivity contribution is 8.76. The van der Waals surface area contributed by atoms with E-state index in [2.05, 4.69) is 0 Å². The molecule has 0 amide bonds. The van der Waals surface area contributed by atoms with Crippen molar-refractivity contribution >= 4 is 33.0 Å². The van der Waals surface area contributed by atoms with E-state index in [4.69, 9.17) is 0 Å². The molecule has 0 saturated carbocycles. The third-order valence-corrected chi connectivity index (χ3v) is 4.76. The summed E-state index contributed by atoms with van der Waals surface area (Å²) in [7, 11) is 2.56. The normalized spacial score (nSPS) is 10.2. The minimum atomic E-state index is -0.647. The van der Waals surface area contributed by atoms with Gasteiger partial charge in [-0.15, -0.1) is 0 Å². The average molecular weight is 308 g/mol. The van der Waals surface area contributed by atoms with Crippen molar-refractivity contribution in [2.75, 3.05) is 0 Å². The number of nitro groups is 2. The van der Waals surface area contributed by atoms with Crippen LogP contribution in [0.3, 0.4) is 0 Å². The molecule has 2 rings (SSSR count). The van der Waals surface area contributed by atoms with Gasteiger partial charge in [-0.3, -0.25) is 20.2 Å². The van der Waals surface area contributed by atoms with Crippen molar-refractivity contribution in [3.05, 3.63) is 68.8 Å². The summed E-state index contributed by atoms with van der Waals surface area (Å²) in [5.74, 6) is 0. The minimum absolute atomic E-state index is 0.257. The summed E-state index contributed by atoms with van der Waals surface area (Å²) in [6.45, 7) is 0. The van der Waals surface area contributed by atoms with Crippen LogP contribution in [0.2, 0.25) is 0 Å². The zero-order chi connectivity index (χ0) is 14.5. The molecule has 0 aliphatic carbocycles. The van der Waals surface area contributed by atoms with Gasteiger partial charge in [0.05, 0.1) is 20.8 Å². The van der Waals surface area contributed by atoms with Gasteiger partial charge in [0.2, 0.25) is 0 Å². The maximum absolute atomic E-state index is 11.0. The zero-order valence-electron chi connectivity index (χ0n) is 9.96. The van der Waals surface area contributed by atoms with Crippen LogP contribution in [0.25, 0.3) is 0 Å². The Kier molecular flexibility index (Phi) is 4.59. The predicted molar refractivity (Wildman–Crippen MR) is 77.9 cm³/mol. The fourth-order valence-corrected chi connectivity index (χ4v) is 3.51. The lowest BCUT2D eigenvalue weighted by Gasteiger charge is -2.02. The second-order valence-electron chi connectivity index (χ2n) is 3.65. The van der Waals surface area contributed by atoms with E-state index in [9.17, 15) is 20.2 Å². The Labute approximate surface area is 121 Å². The van der Waals surface area contributed by atoms with Crippen LogP contribution in [-0.2, 0) is 0 Å². The van der Waals surface area contributed by atoms with Crippen molar-refractivity contribution < 1.29 is 9.85 Å². The van der Waals surface area contributed by atoms with E-state index in [0.29, 0.717) is 4.90 Å². The molecule has 0 bridgehead atoms. The second-order valence-corrected chi connectivity index (χ2v) is 5.89. The molecule has 0 unspecified atom stereocenters. The first kappa shape index (κ1) is 14.4. The van der Waals surface area contributed by atoms with Crippen molar-refractivity contribution in [3.8, 4) is 0 Å². The molecule has 6 nitrogen and oxygen atoms in total. The average Bonchev–Trinajstić information content (AvgIpc) is 2.45. The predicted octanol–water partition coefficient (Wildman–Crippen LogP) is 4.30. The molecule has 8 heteroatoms. The fraction of sp³-hybridized carbons (Fsp3) is 0. The minimum Gasteiger partial charge on any atom is -0.258 e. The first-order valence-electron chi connectivity index (χ1n) is 5.40.